The maximum atomic E-state index is 6.38. The average Bonchev–Trinajstić information content (AvgIpc) is 2.80. The monoisotopic (exact) mass is 301 g/mol. The zero-order valence-electron chi connectivity index (χ0n) is 13.2. The van der Waals surface area contributed by atoms with Crippen LogP contribution in [0.15, 0.2) is 6.20 Å². The van der Waals surface area contributed by atoms with Crippen LogP contribution in [0.3, 0.4) is 0 Å². The highest BCUT2D eigenvalue weighted by atomic mass is 35.5. The second-order valence-corrected chi connectivity index (χ2v) is 5.50. The van der Waals surface area contributed by atoms with Crippen LogP contribution in [-0.2, 0) is 11.3 Å². The molecule has 0 amide bonds. The molecule has 5 heteroatoms. The van der Waals surface area contributed by atoms with Gasteiger partial charge in [0.15, 0.2) is 0 Å². The van der Waals surface area contributed by atoms with Gasteiger partial charge in [-0.05, 0) is 25.8 Å². The van der Waals surface area contributed by atoms with E-state index in [9.17, 15) is 0 Å². The van der Waals surface area contributed by atoms with E-state index in [1.165, 1.54) is 0 Å². The highest BCUT2D eigenvalue weighted by Gasteiger charge is 2.27. The van der Waals surface area contributed by atoms with Crippen LogP contribution in [0.25, 0.3) is 0 Å². The van der Waals surface area contributed by atoms with Crippen LogP contribution >= 0.6 is 11.6 Å². The van der Waals surface area contributed by atoms with Crippen LogP contribution in [0.4, 0.5) is 0 Å². The van der Waals surface area contributed by atoms with Gasteiger partial charge < -0.3 is 10.1 Å². The third-order valence-electron chi connectivity index (χ3n) is 3.43. The van der Waals surface area contributed by atoms with Gasteiger partial charge in [0.2, 0.25) is 0 Å². The van der Waals surface area contributed by atoms with E-state index >= 15 is 0 Å². The predicted octanol–water partition coefficient (Wildman–Crippen LogP) is 3.80. The predicted molar refractivity (Wildman–Crippen MR) is 84.3 cm³/mol. The van der Waals surface area contributed by atoms with Crippen LogP contribution in [0.5, 0.6) is 0 Å². The number of halogens is 1. The molecule has 0 aromatic carbocycles. The topological polar surface area (TPSA) is 39.1 Å². The molecule has 1 aromatic heterocycles. The number of aryl methyl sites for hydroxylation is 1. The number of rotatable bonds is 10. The second kappa shape index (κ2) is 9.37. The van der Waals surface area contributed by atoms with Gasteiger partial charge in [-0.15, -0.1) is 0 Å². The van der Waals surface area contributed by atoms with E-state index in [0.29, 0.717) is 0 Å². The Labute approximate surface area is 127 Å². The van der Waals surface area contributed by atoms with Gasteiger partial charge >= 0.3 is 0 Å². The number of nitrogens with one attached hydrogen (secondary N) is 1. The molecule has 1 heterocycles. The van der Waals surface area contributed by atoms with E-state index < -0.39 is 0 Å². The molecule has 0 radical (unpaired) electrons. The van der Waals surface area contributed by atoms with Gasteiger partial charge in [-0.2, -0.15) is 5.10 Å². The summed E-state index contributed by atoms with van der Waals surface area (Å²) < 4.78 is 7.71. The van der Waals surface area contributed by atoms with E-state index in [1.54, 1.807) is 13.3 Å². The summed E-state index contributed by atoms with van der Waals surface area (Å²) in [5, 5.41) is 8.70. The summed E-state index contributed by atoms with van der Waals surface area (Å²) in [6.07, 6.45) is 6.08. The zero-order chi connectivity index (χ0) is 15.0. The van der Waals surface area contributed by atoms with Crippen LogP contribution in [0.1, 0.15) is 58.2 Å². The first-order valence-electron chi connectivity index (χ1n) is 7.66. The molecule has 0 bridgehead atoms. The summed E-state index contributed by atoms with van der Waals surface area (Å²) in [4.78, 5) is 0. The van der Waals surface area contributed by atoms with Gasteiger partial charge in [-0.25, -0.2) is 0 Å². The fourth-order valence-electron chi connectivity index (χ4n) is 2.48. The maximum Gasteiger partial charge on any atom is 0.0835 e. The van der Waals surface area contributed by atoms with Crippen molar-refractivity contribution < 1.29 is 4.74 Å². The molecule has 20 heavy (non-hydrogen) atoms. The van der Waals surface area contributed by atoms with Crippen LogP contribution in [0.2, 0.25) is 5.02 Å². The molecule has 2 unspecified atom stereocenters. The molecule has 0 spiro atoms. The minimum absolute atomic E-state index is 0.0986. The van der Waals surface area contributed by atoms with E-state index in [-0.39, 0.29) is 12.1 Å². The Bertz CT molecular complexity index is 381. The van der Waals surface area contributed by atoms with Gasteiger partial charge in [0.05, 0.1) is 29.1 Å². The van der Waals surface area contributed by atoms with Crippen molar-refractivity contribution >= 4 is 11.6 Å². The normalized spacial score (nSPS) is 14.4. The van der Waals surface area contributed by atoms with Crippen molar-refractivity contribution in [3.63, 3.8) is 0 Å². The van der Waals surface area contributed by atoms with Gasteiger partial charge in [0.1, 0.15) is 0 Å². The minimum atomic E-state index is 0.0986. The standard InChI is InChI=1S/C15H28ClN3O/c1-5-8-13(20-4)14(17-9-6-2)15-12(16)11-18-19(15)10-7-3/h11,13-14,17H,5-10H2,1-4H3. The number of methoxy groups -OCH3 is 1. The maximum absolute atomic E-state index is 6.38. The van der Waals surface area contributed by atoms with Crippen molar-refractivity contribution in [2.75, 3.05) is 13.7 Å². The molecular weight excluding hydrogens is 274 g/mol. The van der Waals surface area contributed by atoms with Crippen LogP contribution < -0.4 is 5.32 Å². The number of hydrogen-bond donors (Lipinski definition) is 1. The first kappa shape index (κ1) is 17.5. The summed E-state index contributed by atoms with van der Waals surface area (Å²) in [6, 6.07) is 0.0986. The van der Waals surface area contributed by atoms with Gasteiger partial charge in [-0.3, -0.25) is 4.68 Å². The molecule has 0 aliphatic rings. The Morgan fingerprint density at radius 3 is 2.60 bits per heavy atom. The van der Waals surface area contributed by atoms with Gasteiger partial charge in [0, 0.05) is 13.7 Å². The molecule has 1 N–H and O–H groups in total. The lowest BCUT2D eigenvalue weighted by molar-refractivity contribution is 0.0577. The Morgan fingerprint density at radius 1 is 1.30 bits per heavy atom. The highest BCUT2D eigenvalue weighted by Crippen LogP contribution is 2.28. The first-order valence-corrected chi connectivity index (χ1v) is 8.04. The highest BCUT2D eigenvalue weighted by molar-refractivity contribution is 6.31. The molecule has 1 rings (SSSR count). The second-order valence-electron chi connectivity index (χ2n) is 5.10. The lowest BCUT2D eigenvalue weighted by atomic mass is 10.0. The Morgan fingerprint density at radius 2 is 2.05 bits per heavy atom. The summed E-state index contributed by atoms with van der Waals surface area (Å²) in [6.45, 7) is 8.31. The van der Waals surface area contributed by atoms with Gasteiger partial charge in [0.25, 0.3) is 0 Å². The van der Waals surface area contributed by atoms with E-state index in [2.05, 4.69) is 31.2 Å². The van der Waals surface area contributed by atoms with E-state index in [0.717, 1.165) is 49.5 Å². The summed E-state index contributed by atoms with van der Waals surface area (Å²) in [7, 11) is 1.77. The average molecular weight is 302 g/mol. The Hall–Kier alpha value is -0.580. The minimum Gasteiger partial charge on any atom is -0.379 e. The van der Waals surface area contributed by atoms with Crippen molar-refractivity contribution in [1.82, 2.24) is 15.1 Å². The quantitative estimate of drug-likeness (QED) is 0.714. The van der Waals surface area contributed by atoms with Gasteiger partial charge in [-0.1, -0.05) is 38.8 Å². The van der Waals surface area contributed by atoms with Crippen LogP contribution in [0, 0.1) is 0 Å². The van der Waals surface area contributed by atoms with Crippen molar-refractivity contribution in [2.45, 2.75) is 65.1 Å². The smallest absolute Gasteiger partial charge is 0.0835 e. The molecule has 0 saturated heterocycles. The number of nitrogens with zero attached hydrogens (tertiary/aromatic N) is 2. The third kappa shape index (κ3) is 4.47. The van der Waals surface area contributed by atoms with Crippen molar-refractivity contribution in [3.05, 3.63) is 16.9 Å². The largest absolute Gasteiger partial charge is 0.379 e. The lowest BCUT2D eigenvalue weighted by Crippen LogP contribution is -2.35. The first-order chi connectivity index (χ1) is 9.69. The molecule has 0 aliphatic heterocycles. The lowest BCUT2D eigenvalue weighted by Gasteiger charge is -2.28. The summed E-state index contributed by atoms with van der Waals surface area (Å²) >= 11 is 6.38. The Balaban J connectivity index is 3.04. The number of hydrogen-bond acceptors (Lipinski definition) is 3. The fraction of sp³-hybridized carbons (Fsp3) is 0.800. The SMILES string of the molecule is CCCNC(c1c(Cl)cnn1CCC)C(CCC)OC. The molecular formula is C15H28ClN3O. The van der Waals surface area contributed by atoms with E-state index in [4.69, 9.17) is 16.3 Å². The van der Waals surface area contributed by atoms with E-state index in [1.807, 2.05) is 4.68 Å². The molecule has 4 nitrogen and oxygen atoms in total. The zero-order valence-corrected chi connectivity index (χ0v) is 13.9. The molecule has 2 atom stereocenters. The molecule has 116 valence electrons. The number of ether oxygens (including phenoxy) is 1. The number of aromatic nitrogens is 2. The van der Waals surface area contributed by atoms with Crippen molar-refractivity contribution in [2.24, 2.45) is 0 Å². The molecule has 0 saturated carbocycles. The Kier molecular flexibility index (Phi) is 8.19. The summed E-state index contributed by atoms with van der Waals surface area (Å²) in [5.41, 5.74) is 1.06. The third-order valence-corrected chi connectivity index (χ3v) is 3.72. The summed E-state index contributed by atoms with van der Waals surface area (Å²) in [5.74, 6) is 0. The van der Waals surface area contributed by atoms with Crippen molar-refractivity contribution in [1.29, 1.82) is 0 Å². The molecule has 0 aliphatic carbocycles. The van der Waals surface area contributed by atoms with Crippen LogP contribution in [-0.4, -0.2) is 29.5 Å². The van der Waals surface area contributed by atoms with Crippen molar-refractivity contribution in [3.8, 4) is 0 Å². The fourth-order valence-corrected chi connectivity index (χ4v) is 2.74. The molecule has 0 fully saturated rings. The molecule has 1 aromatic rings.